The van der Waals surface area contributed by atoms with E-state index < -0.39 is 23.3 Å². The van der Waals surface area contributed by atoms with Crippen molar-refractivity contribution in [2.75, 3.05) is 0 Å². The Morgan fingerprint density at radius 1 is 1.00 bits per heavy atom. The molecule has 1 atom stereocenters. The number of hydrogen-bond donors (Lipinski definition) is 0. The summed E-state index contributed by atoms with van der Waals surface area (Å²) in [6.07, 6.45) is 2.33. The molecule has 3 rings (SSSR count). The van der Waals surface area contributed by atoms with Crippen LogP contribution < -0.4 is 0 Å². The highest BCUT2D eigenvalue weighted by Gasteiger charge is 2.28. The first kappa shape index (κ1) is 14.8. The van der Waals surface area contributed by atoms with Crippen LogP contribution in [-0.4, -0.2) is 0 Å². The molecule has 0 aromatic heterocycles. The monoisotopic (exact) mass is 306 g/mol. The van der Waals surface area contributed by atoms with Gasteiger partial charge in [-0.3, -0.25) is 0 Å². The Bertz CT molecular complexity index is 726. The summed E-state index contributed by atoms with van der Waals surface area (Å²) in [4.78, 5) is 0. The molecule has 0 nitrogen and oxygen atoms in total. The molecule has 0 saturated heterocycles. The number of rotatable bonds is 2. The van der Waals surface area contributed by atoms with Crippen molar-refractivity contribution in [3.63, 3.8) is 0 Å². The van der Waals surface area contributed by atoms with Crippen LogP contribution in [0.25, 0.3) is 6.08 Å². The third-order valence-electron chi connectivity index (χ3n) is 4.25. The summed E-state index contributed by atoms with van der Waals surface area (Å²) in [5, 5.41) is 0. The molecule has 114 valence electrons. The van der Waals surface area contributed by atoms with E-state index in [1.54, 1.807) is 0 Å². The van der Waals surface area contributed by atoms with Gasteiger partial charge in [0.05, 0.1) is 0 Å². The highest BCUT2D eigenvalue weighted by atomic mass is 19.2. The summed E-state index contributed by atoms with van der Waals surface area (Å²) in [6, 6.07) is 5.04. The van der Waals surface area contributed by atoms with E-state index >= 15 is 0 Å². The Morgan fingerprint density at radius 3 is 2.32 bits per heavy atom. The largest absolute Gasteiger partial charge is 0.207 e. The van der Waals surface area contributed by atoms with E-state index in [4.69, 9.17) is 0 Å². The highest BCUT2D eigenvalue weighted by Crippen LogP contribution is 2.37. The predicted molar refractivity (Wildman–Crippen MR) is 77.6 cm³/mol. The van der Waals surface area contributed by atoms with Crippen molar-refractivity contribution in [3.05, 3.63) is 76.4 Å². The van der Waals surface area contributed by atoms with Crippen LogP contribution in [0, 0.1) is 23.3 Å². The second-order valence-electron chi connectivity index (χ2n) is 5.54. The normalized spacial score (nSPS) is 17.2. The second-order valence-corrected chi connectivity index (χ2v) is 5.54. The van der Waals surface area contributed by atoms with E-state index in [9.17, 15) is 17.6 Å². The van der Waals surface area contributed by atoms with E-state index in [0.29, 0.717) is 29.5 Å². The first-order valence-corrected chi connectivity index (χ1v) is 7.08. The number of benzene rings is 2. The minimum atomic E-state index is -0.884. The van der Waals surface area contributed by atoms with Crippen LogP contribution in [0.4, 0.5) is 17.6 Å². The van der Waals surface area contributed by atoms with Gasteiger partial charge in [-0.15, -0.1) is 0 Å². The van der Waals surface area contributed by atoms with Crippen molar-refractivity contribution in [2.45, 2.75) is 25.2 Å². The van der Waals surface area contributed by atoms with Gasteiger partial charge in [-0.25, -0.2) is 17.6 Å². The lowest BCUT2D eigenvalue weighted by atomic mass is 9.79. The molecule has 0 radical (unpaired) electrons. The first-order chi connectivity index (χ1) is 10.5. The fourth-order valence-corrected chi connectivity index (χ4v) is 3.14. The van der Waals surface area contributed by atoms with Crippen molar-refractivity contribution in [2.24, 2.45) is 0 Å². The molecule has 0 aliphatic heterocycles. The minimum absolute atomic E-state index is 0.0148. The van der Waals surface area contributed by atoms with Crippen LogP contribution in [0.1, 0.15) is 34.6 Å². The maximum atomic E-state index is 14.2. The van der Waals surface area contributed by atoms with Crippen molar-refractivity contribution >= 4 is 6.08 Å². The molecule has 0 amide bonds. The molecule has 0 spiro atoms. The van der Waals surface area contributed by atoms with Crippen LogP contribution in [0.2, 0.25) is 0 Å². The fraction of sp³-hybridized carbons (Fsp3) is 0.222. The Kier molecular flexibility index (Phi) is 3.77. The zero-order valence-corrected chi connectivity index (χ0v) is 11.8. The van der Waals surface area contributed by atoms with E-state index in [-0.39, 0.29) is 17.9 Å². The van der Waals surface area contributed by atoms with Gasteiger partial charge < -0.3 is 0 Å². The molecular weight excluding hydrogens is 292 g/mol. The zero-order valence-electron chi connectivity index (χ0n) is 11.8. The van der Waals surface area contributed by atoms with Crippen LogP contribution in [0.5, 0.6) is 0 Å². The van der Waals surface area contributed by atoms with Gasteiger partial charge >= 0.3 is 0 Å². The Balaban J connectivity index is 1.99. The van der Waals surface area contributed by atoms with Crippen molar-refractivity contribution < 1.29 is 17.6 Å². The summed E-state index contributed by atoms with van der Waals surface area (Å²) in [6.45, 7) is 3.49. The molecule has 0 heterocycles. The standard InChI is InChI=1S/C18H14F4/c1-2-10-7-15(20)17(16(21)8-10)12-3-5-13-11(9-12)4-6-14(19)18(13)22/h2,4,6-8,12H,1,3,5,9H2. The molecule has 2 aromatic rings. The summed E-state index contributed by atoms with van der Waals surface area (Å²) >= 11 is 0. The Labute approximate surface area is 126 Å². The lowest BCUT2D eigenvalue weighted by Gasteiger charge is -2.26. The van der Waals surface area contributed by atoms with Gasteiger partial charge in [0.1, 0.15) is 11.6 Å². The van der Waals surface area contributed by atoms with Gasteiger partial charge in [0, 0.05) is 5.56 Å². The van der Waals surface area contributed by atoms with E-state index in [0.717, 1.165) is 6.07 Å². The minimum Gasteiger partial charge on any atom is -0.207 e. The lowest BCUT2D eigenvalue weighted by molar-refractivity contribution is 0.461. The molecule has 1 unspecified atom stereocenters. The van der Waals surface area contributed by atoms with Crippen molar-refractivity contribution in [3.8, 4) is 0 Å². The van der Waals surface area contributed by atoms with Gasteiger partial charge in [-0.2, -0.15) is 0 Å². The van der Waals surface area contributed by atoms with Crippen molar-refractivity contribution in [1.82, 2.24) is 0 Å². The van der Waals surface area contributed by atoms with Gasteiger partial charge in [0.25, 0.3) is 0 Å². The fourth-order valence-electron chi connectivity index (χ4n) is 3.14. The average molecular weight is 306 g/mol. The molecule has 0 fully saturated rings. The van der Waals surface area contributed by atoms with Crippen LogP contribution in [-0.2, 0) is 12.8 Å². The van der Waals surface area contributed by atoms with Crippen LogP contribution >= 0.6 is 0 Å². The van der Waals surface area contributed by atoms with E-state index in [2.05, 4.69) is 6.58 Å². The smallest absolute Gasteiger partial charge is 0.162 e. The van der Waals surface area contributed by atoms with Gasteiger partial charge in [0.2, 0.25) is 0 Å². The van der Waals surface area contributed by atoms with Crippen LogP contribution in [0.15, 0.2) is 30.8 Å². The molecule has 1 aliphatic carbocycles. The third kappa shape index (κ3) is 2.43. The molecule has 0 saturated carbocycles. The number of hydrogen-bond acceptors (Lipinski definition) is 0. The quantitative estimate of drug-likeness (QED) is 0.672. The summed E-state index contributed by atoms with van der Waals surface area (Å²) in [5.41, 5.74) is 1.32. The number of fused-ring (bicyclic) bond motifs is 1. The van der Waals surface area contributed by atoms with Crippen LogP contribution in [0.3, 0.4) is 0 Å². The highest BCUT2D eigenvalue weighted by molar-refractivity contribution is 5.49. The lowest BCUT2D eigenvalue weighted by Crippen LogP contribution is -2.17. The number of halogens is 4. The third-order valence-corrected chi connectivity index (χ3v) is 4.25. The first-order valence-electron chi connectivity index (χ1n) is 7.08. The van der Waals surface area contributed by atoms with Gasteiger partial charge in [-0.1, -0.05) is 18.7 Å². The topological polar surface area (TPSA) is 0 Å². The molecular formula is C18H14F4. The van der Waals surface area contributed by atoms with E-state index in [1.807, 2.05) is 0 Å². The summed E-state index contributed by atoms with van der Waals surface area (Å²) in [5.74, 6) is -3.35. The van der Waals surface area contributed by atoms with Crippen molar-refractivity contribution in [1.29, 1.82) is 0 Å². The molecule has 4 heteroatoms. The summed E-state index contributed by atoms with van der Waals surface area (Å²) < 4.78 is 55.3. The van der Waals surface area contributed by atoms with Gasteiger partial charge in [-0.05, 0) is 60.1 Å². The predicted octanol–water partition coefficient (Wildman–Crippen LogP) is 5.16. The average Bonchev–Trinajstić information content (AvgIpc) is 2.50. The summed E-state index contributed by atoms with van der Waals surface area (Å²) in [7, 11) is 0. The molecule has 0 N–H and O–H groups in total. The molecule has 22 heavy (non-hydrogen) atoms. The second kappa shape index (κ2) is 5.59. The molecule has 0 bridgehead atoms. The van der Waals surface area contributed by atoms with E-state index in [1.165, 1.54) is 24.3 Å². The Morgan fingerprint density at radius 2 is 1.68 bits per heavy atom. The SMILES string of the molecule is C=Cc1cc(F)c(C2CCc3c(ccc(F)c3F)C2)c(F)c1. The maximum absolute atomic E-state index is 14.2. The molecule has 1 aliphatic rings. The molecule has 2 aromatic carbocycles. The Hall–Kier alpha value is -2.10. The van der Waals surface area contributed by atoms with Gasteiger partial charge in [0.15, 0.2) is 11.6 Å². The zero-order chi connectivity index (χ0) is 15.9. The maximum Gasteiger partial charge on any atom is 0.162 e.